The topological polar surface area (TPSA) is 59.8 Å². The lowest BCUT2D eigenvalue weighted by Crippen LogP contribution is -2.14. The van der Waals surface area contributed by atoms with Gasteiger partial charge in [0.25, 0.3) is 5.91 Å². The molecular weight excluding hydrogens is 520 g/mol. The van der Waals surface area contributed by atoms with Crippen LogP contribution in [0.3, 0.4) is 0 Å². The number of rotatable bonds is 4. The van der Waals surface area contributed by atoms with Crippen LogP contribution in [0.15, 0.2) is 81.7 Å². The normalized spacial score (nSPS) is 10.7. The van der Waals surface area contributed by atoms with E-state index in [1.165, 1.54) is 0 Å². The van der Waals surface area contributed by atoms with Gasteiger partial charge in [0.15, 0.2) is 5.82 Å². The summed E-state index contributed by atoms with van der Waals surface area (Å²) < 4.78 is 3.45. The van der Waals surface area contributed by atoms with Crippen molar-refractivity contribution < 1.29 is 4.79 Å². The third-order valence-electron chi connectivity index (χ3n) is 4.07. The molecule has 4 aromatic rings. The Balaban J connectivity index is 1.75. The fourth-order valence-corrected chi connectivity index (χ4v) is 3.50. The minimum absolute atomic E-state index is 0.0674. The Morgan fingerprint density at radius 2 is 1.66 bits per heavy atom. The van der Waals surface area contributed by atoms with Gasteiger partial charge in [0.1, 0.15) is 0 Å². The molecule has 1 heterocycles. The van der Waals surface area contributed by atoms with Crippen LogP contribution in [-0.4, -0.2) is 20.7 Å². The number of anilines is 1. The van der Waals surface area contributed by atoms with Gasteiger partial charge in [0, 0.05) is 25.2 Å². The van der Waals surface area contributed by atoms with Gasteiger partial charge < -0.3 is 5.32 Å². The summed E-state index contributed by atoms with van der Waals surface area (Å²) in [6.45, 7) is 0. The Kier molecular flexibility index (Phi) is 5.80. The second-order valence-electron chi connectivity index (χ2n) is 6.12. The number of hydrogen-bond donors (Lipinski definition) is 1. The number of carbonyl (C=O) groups excluding carboxylic acids is 1. The Morgan fingerprint density at radius 1 is 0.931 bits per heavy atom. The molecule has 0 saturated carbocycles. The summed E-state index contributed by atoms with van der Waals surface area (Å²) in [5.41, 5.74) is 2.23. The number of hydrogen-bond acceptors (Lipinski definition) is 3. The maximum Gasteiger partial charge on any atom is 0.295 e. The number of nitrogens with one attached hydrogen (secondary N) is 1. The van der Waals surface area contributed by atoms with Gasteiger partial charge in [-0.1, -0.05) is 61.7 Å². The lowest BCUT2D eigenvalue weighted by atomic mass is 10.2. The van der Waals surface area contributed by atoms with E-state index in [0.717, 1.165) is 20.2 Å². The maximum absolute atomic E-state index is 12.8. The molecule has 0 unspecified atom stereocenters. The van der Waals surface area contributed by atoms with Crippen molar-refractivity contribution in [3.8, 4) is 17.1 Å². The third-order valence-corrected chi connectivity index (χ3v) is 5.34. The van der Waals surface area contributed by atoms with E-state index in [2.05, 4.69) is 47.3 Å². The van der Waals surface area contributed by atoms with Gasteiger partial charge in [-0.05, 0) is 54.6 Å². The Morgan fingerprint density at radius 3 is 2.34 bits per heavy atom. The Hall–Kier alpha value is -2.48. The fraction of sp³-hybridized carbons (Fsp3) is 0. The van der Waals surface area contributed by atoms with E-state index < -0.39 is 5.91 Å². The predicted octanol–water partition coefficient (Wildman–Crippen LogP) is 6.37. The number of halogens is 3. The highest BCUT2D eigenvalue weighted by Crippen LogP contribution is 2.24. The molecule has 1 aromatic heterocycles. The molecule has 8 heteroatoms. The predicted molar refractivity (Wildman–Crippen MR) is 122 cm³/mol. The van der Waals surface area contributed by atoms with Gasteiger partial charge in [-0.3, -0.25) is 4.79 Å². The molecule has 0 aliphatic carbocycles. The number of nitrogens with zero attached hydrogens (tertiary/aromatic N) is 3. The van der Waals surface area contributed by atoms with Crippen LogP contribution in [0.25, 0.3) is 17.1 Å². The van der Waals surface area contributed by atoms with Crippen LogP contribution in [0, 0.1) is 0 Å². The third kappa shape index (κ3) is 4.58. The Bertz CT molecular complexity index is 1110. The molecule has 1 N–H and O–H groups in total. The second kappa shape index (κ2) is 8.49. The molecule has 0 spiro atoms. The fourth-order valence-electron chi connectivity index (χ4n) is 2.71. The van der Waals surface area contributed by atoms with Gasteiger partial charge >= 0.3 is 0 Å². The van der Waals surface area contributed by atoms with Crippen molar-refractivity contribution >= 4 is 55.1 Å². The maximum atomic E-state index is 12.8. The summed E-state index contributed by atoms with van der Waals surface area (Å²) in [5, 5.41) is 7.90. The highest BCUT2D eigenvalue weighted by Gasteiger charge is 2.19. The van der Waals surface area contributed by atoms with E-state index in [1.54, 1.807) is 22.9 Å². The van der Waals surface area contributed by atoms with Gasteiger partial charge in [-0.25, -0.2) is 9.67 Å². The smallest absolute Gasteiger partial charge is 0.295 e. The van der Waals surface area contributed by atoms with Crippen LogP contribution >= 0.6 is 43.5 Å². The van der Waals surface area contributed by atoms with Gasteiger partial charge in [0.2, 0.25) is 5.82 Å². The minimum Gasteiger partial charge on any atom is -0.319 e. The first-order valence-electron chi connectivity index (χ1n) is 8.55. The molecule has 1 amide bonds. The van der Waals surface area contributed by atoms with E-state index >= 15 is 0 Å². The summed E-state index contributed by atoms with van der Waals surface area (Å²) in [6, 6.07) is 22.2. The number of benzene rings is 3. The van der Waals surface area contributed by atoms with Crippen molar-refractivity contribution in [2.45, 2.75) is 0 Å². The van der Waals surface area contributed by atoms with E-state index in [-0.39, 0.29) is 5.82 Å². The summed E-state index contributed by atoms with van der Waals surface area (Å²) in [6.07, 6.45) is 0. The molecule has 5 nitrogen and oxygen atoms in total. The monoisotopic (exact) mass is 530 g/mol. The summed E-state index contributed by atoms with van der Waals surface area (Å²) in [4.78, 5) is 17.3. The summed E-state index contributed by atoms with van der Waals surface area (Å²) in [7, 11) is 0. The van der Waals surface area contributed by atoms with Crippen molar-refractivity contribution in [3.05, 3.63) is 92.6 Å². The van der Waals surface area contributed by atoms with Crippen molar-refractivity contribution in [1.82, 2.24) is 14.8 Å². The molecular formula is C21H13Br2ClN4O. The highest BCUT2D eigenvalue weighted by molar-refractivity contribution is 9.10. The minimum atomic E-state index is -0.394. The zero-order chi connectivity index (χ0) is 20.4. The molecule has 3 aromatic carbocycles. The number of aromatic nitrogens is 3. The molecule has 0 radical (unpaired) electrons. The molecule has 0 aliphatic rings. The van der Waals surface area contributed by atoms with Crippen molar-refractivity contribution in [1.29, 1.82) is 0 Å². The molecule has 144 valence electrons. The largest absolute Gasteiger partial charge is 0.319 e. The van der Waals surface area contributed by atoms with Gasteiger partial charge in [-0.15, -0.1) is 5.10 Å². The van der Waals surface area contributed by atoms with Gasteiger partial charge in [0.05, 0.1) is 5.69 Å². The van der Waals surface area contributed by atoms with E-state index in [9.17, 15) is 4.79 Å². The first kappa shape index (κ1) is 19.8. The number of carbonyl (C=O) groups is 1. The van der Waals surface area contributed by atoms with Gasteiger partial charge in [-0.2, -0.15) is 0 Å². The molecule has 0 aliphatic heterocycles. The van der Waals surface area contributed by atoms with E-state index in [0.29, 0.717) is 16.5 Å². The van der Waals surface area contributed by atoms with E-state index in [4.69, 9.17) is 11.6 Å². The average molecular weight is 533 g/mol. The van der Waals surface area contributed by atoms with Crippen molar-refractivity contribution in [2.75, 3.05) is 5.32 Å². The summed E-state index contributed by atoms with van der Waals surface area (Å²) in [5.74, 6) is 0.228. The first-order chi connectivity index (χ1) is 14.0. The molecule has 0 atom stereocenters. The van der Waals surface area contributed by atoms with Crippen LogP contribution in [0.4, 0.5) is 5.69 Å². The molecule has 29 heavy (non-hydrogen) atoms. The zero-order valence-corrected chi connectivity index (χ0v) is 18.7. The standard InChI is InChI=1S/C21H13Br2ClN4O/c22-14-6-4-13(5-7-14)20-26-19(21(29)25-17-3-1-2-15(23)12-17)27-28(20)18-10-8-16(24)9-11-18/h1-12H,(H,25,29). The van der Waals surface area contributed by atoms with Crippen LogP contribution < -0.4 is 5.32 Å². The molecule has 0 saturated heterocycles. The highest BCUT2D eigenvalue weighted by atomic mass is 79.9. The van der Waals surface area contributed by atoms with Crippen LogP contribution in [0.1, 0.15) is 10.6 Å². The van der Waals surface area contributed by atoms with Crippen molar-refractivity contribution in [2.24, 2.45) is 0 Å². The molecule has 4 rings (SSSR count). The average Bonchev–Trinajstić information content (AvgIpc) is 3.15. The van der Waals surface area contributed by atoms with Crippen LogP contribution in [0.2, 0.25) is 5.02 Å². The van der Waals surface area contributed by atoms with Crippen LogP contribution in [-0.2, 0) is 0 Å². The SMILES string of the molecule is O=C(Nc1cccc(Br)c1)c1nc(-c2ccc(Br)cc2)n(-c2ccc(Cl)cc2)n1. The zero-order valence-electron chi connectivity index (χ0n) is 14.8. The quantitative estimate of drug-likeness (QED) is 0.333. The van der Waals surface area contributed by atoms with E-state index in [1.807, 2.05) is 54.6 Å². The lowest BCUT2D eigenvalue weighted by Gasteiger charge is -2.06. The molecule has 0 bridgehead atoms. The van der Waals surface area contributed by atoms with Crippen LogP contribution in [0.5, 0.6) is 0 Å². The Labute approximate surface area is 189 Å². The lowest BCUT2D eigenvalue weighted by molar-refractivity contribution is 0.101. The number of amides is 1. The van der Waals surface area contributed by atoms with Crippen molar-refractivity contribution in [3.63, 3.8) is 0 Å². The molecule has 0 fully saturated rings. The summed E-state index contributed by atoms with van der Waals surface area (Å²) >= 11 is 12.8. The first-order valence-corrected chi connectivity index (χ1v) is 10.5. The second-order valence-corrected chi connectivity index (χ2v) is 8.39.